The maximum absolute atomic E-state index is 14.6. The number of amides is 1. The van der Waals surface area contributed by atoms with E-state index in [0.29, 0.717) is 30.4 Å². The van der Waals surface area contributed by atoms with Crippen molar-refractivity contribution in [3.05, 3.63) is 47.4 Å². The Kier molecular flexibility index (Phi) is 7.29. The predicted molar refractivity (Wildman–Crippen MR) is 134 cm³/mol. The third kappa shape index (κ3) is 5.78. The molecule has 1 aliphatic heterocycles. The van der Waals surface area contributed by atoms with Gasteiger partial charge in [-0.3, -0.25) is 9.48 Å². The molecule has 0 radical (unpaired) electrons. The quantitative estimate of drug-likeness (QED) is 0.376. The number of anilines is 1. The molecule has 8 nitrogen and oxygen atoms in total. The number of likely N-dealkylation sites (tertiary alicyclic amines) is 1. The second kappa shape index (κ2) is 10.6. The van der Waals surface area contributed by atoms with Crippen molar-refractivity contribution in [3.8, 4) is 11.8 Å². The molecule has 2 aliphatic rings. The molecular weight excluding hydrogens is 502 g/mol. The van der Waals surface area contributed by atoms with Crippen LogP contribution in [0.25, 0.3) is 5.52 Å². The van der Waals surface area contributed by atoms with Crippen LogP contribution in [0.1, 0.15) is 53.3 Å². The van der Waals surface area contributed by atoms with E-state index in [4.69, 9.17) is 0 Å². The molecule has 2 atom stereocenters. The van der Waals surface area contributed by atoms with Crippen molar-refractivity contribution in [2.24, 2.45) is 0 Å². The third-order valence-corrected chi connectivity index (χ3v) is 7.07. The Morgan fingerprint density at radius 3 is 2.76 bits per heavy atom. The molecule has 12 heteroatoms. The zero-order chi connectivity index (χ0) is 26.9. The normalized spacial score (nSPS) is 20.6. The molecule has 5 rings (SSSR count). The number of hydrogen-bond acceptors (Lipinski definition) is 5. The number of alkyl halides is 4. The minimum absolute atomic E-state index is 0.0381. The van der Waals surface area contributed by atoms with E-state index >= 15 is 0 Å². The summed E-state index contributed by atoms with van der Waals surface area (Å²) in [5.41, 5.74) is 0.540. The molecule has 0 unspecified atom stereocenters. The second-order valence-corrected chi connectivity index (χ2v) is 9.92. The van der Waals surface area contributed by atoms with E-state index in [1.807, 2.05) is 11.9 Å². The summed E-state index contributed by atoms with van der Waals surface area (Å²) in [6.45, 7) is 0.906. The highest BCUT2D eigenvalue weighted by Crippen LogP contribution is 2.31. The van der Waals surface area contributed by atoms with Gasteiger partial charge in [0.2, 0.25) is 0 Å². The van der Waals surface area contributed by atoms with Gasteiger partial charge in [-0.25, -0.2) is 8.91 Å². The Hall–Kier alpha value is -3.59. The number of nitrogens with zero attached hydrogens (tertiary/aromatic N) is 5. The summed E-state index contributed by atoms with van der Waals surface area (Å²) in [5.74, 6) is 5.44. The topological polar surface area (TPSA) is 79.5 Å². The molecule has 2 fully saturated rings. The van der Waals surface area contributed by atoms with E-state index < -0.39 is 24.8 Å². The second-order valence-electron chi connectivity index (χ2n) is 9.92. The highest BCUT2D eigenvalue weighted by molar-refractivity contribution is 5.93. The van der Waals surface area contributed by atoms with Crippen LogP contribution in [-0.2, 0) is 6.42 Å². The van der Waals surface area contributed by atoms with Crippen molar-refractivity contribution >= 4 is 17.2 Å². The van der Waals surface area contributed by atoms with Crippen molar-refractivity contribution in [1.82, 2.24) is 29.6 Å². The molecule has 0 spiro atoms. The van der Waals surface area contributed by atoms with E-state index in [2.05, 4.69) is 32.7 Å². The summed E-state index contributed by atoms with van der Waals surface area (Å²) < 4.78 is 58.1. The van der Waals surface area contributed by atoms with Crippen molar-refractivity contribution < 1.29 is 22.4 Å². The maximum atomic E-state index is 14.6. The number of carbonyl (C=O) groups excluding carboxylic acids is 1. The number of rotatable bonds is 6. The molecule has 0 bridgehead atoms. The van der Waals surface area contributed by atoms with Crippen LogP contribution in [0.5, 0.6) is 0 Å². The Morgan fingerprint density at radius 1 is 1.24 bits per heavy atom. The Balaban J connectivity index is 1.34. The number of aromatic nitrogens is 4. The highest BCUT2D eigenvalue weighted by Gasteiger charge is 2.32. The Morgan fingerprint density at radius 2 is 2.05 bits per heavy atom. The zero-order valence-electron chi connectivity index (χ0n) is 20.9. The average molecular weight is 532 g/mol. The van der Waals surface area contributed by atoms with Crippen molar-refractivity contribution in [2.75, 3.05) is 32.0 Å². The van der Waals surface area contributed by atoms with Crippen molar-refractivity contribution in [2.45, 2.75) is 56.5 Å². The van der Waals surface area contributed by atoms with Gasteiger partial charge in [0, 0.05) is 24.8 Å². The largest absolute Gasteiger partial charge is 0.393 e. The molecule has 1 saturated carbocycles. The molecule has 1 amide bonds. The lowest BCUT2D eigenvalue weighted by Gasteiger charge is -2.33. The van der Waals surface area contributed by atoms with Crippen LogP contribution < -0.4 is 10.6 Å². The zero-order valence-corrected chi connectivity index (χ0v) is 20.9. The van der Waals surface area contributed by atoms with Crippen LogP contribution in [0.2, 0.25) is 0 Å². The Bertz CT molecular complexity index is 1370. The minimum Gasteiger partial charge on any atom is -0.364 e. The lowest BCUT2D eigenvalue weighted by Crippen LogP contribution is -2.46. The van der Waals surface area contributed by atoms with Gasteiger partial charge in [-0.2, -0.15) is 23.4 Å². The fraction of sp³-hybridized carbons (Fsp3) is 0.500. The van der Waals surface area contributed by atoms with Gasteiger partial charge in [0.1, 0.15) is 17.7 Å². The summed E-state index contributed by atoms with van der Waals surface area (Å²) >= 11 is 0. The van der Waals surface area contributed by atoms with Crippen LogP contribution in [0.15, 0.2) is 30.6 Å². The van der Waals surface area contributed by atoms with Gasteiger partial charge in [-0.15, -0.1) is 0 Å². The van der Waals surface area contributed by atoms with E-state index in [9.17, 15) is 22.4 Å². The van der Waals surface area contributed by atoms with Gasteiger partial charge in [0.15, 0.2) is 0 Å². The summed E-state index contributed by atoms with van der Waals surface area (Å²) in [6.07, 6.45) is 0.144. The molecule has 38 heavy (non-hydrogen) atoms. The van der Waals surface area contributed by atoms with Gasteiger partial charge in [-0.05, 0) is 50.8 Å². The molecular formula is C26H29F4N7O. The average Bonchev–Trinajstić information content (AvgIpc) is 3.42. The standard InChI is InChI=1S/C26H29F4N7O/c1-35-12-10-22(20(27)16-35)33-24-9-3-8-23-19(13-26(28,29)30)21(34-37(23)24)7-4-11-31-25(38)17-14-32-36(15-17)18-5-2-6-18/h3,8-9,14-15,18,20,22,33H,2,5-6,10-13,16H2,1H3,(H,31,38)/t20-,22+/m0/s1. The lowest BCUT2D eigenvalue weighted by atomic mass is 9.93. The van der Waals surface area contributed by atoms with Crippen LogP contribution >= 0.6 is 0 Å². The highest BCUT2D eigenvalue weighted by atomic mass is 19.4. The first kappa shape index (κ1) is 26.0. The summed E-state index contributed by atoms with van der Waals surface area (Å²) in [5, 5.41) is 14.3. The Labute approximate surface area is 217 Å². The monoisotopic (exact) mass is 531 g/mol. The van der Waals surface area contributed by atoms with Crippen LogP contribution in [0.4, 0.5) is 23.4 Å². The maximum Gasteiger partial charge on any atom is 0.393 e. The molecule has 3 aromatic heterocycles. The van der Waals surface area contributed by atoms with E-state index in [1.165, 1.54) is 16.8 Å². The SMILES string of the molecule is CN1CC[C@@H](Nc2cccc3c(CC(F)(F)F)c(C#CCNC(=O)c4cnn(C5CCC5)c4)nn23)[C@@H](F)C1. The van der Waals surface area contributed by atoms with Gasteiger partial charge >= 0.3 is 6.18 Å². The first-order valence-electron chi connectivity index (χ1n) is 12.7. The minimum atomic E-state index is -4.48. The predicted octanol–water partition coefficient (Wildman–Crippen LogP) is 3.60. The molecule has 1 aliphatic carbocycles. The number of pyridine rings is 1. The molecule has 4 heterocycles. The number of nitrogens with one attached hydrogen (secondary N) is 2. The van der Waals surface area contributed by atoms with Crippen molar-refractivity contribution in [3.63, 3.8) is 0 Å². The number of fused-ring (bicyclic) bond motifs is 1. The van der Waals surface area contributed by atoms with Crippen molar-refractivity contribution in [1.29, 1.82) is 0 Å². The van der Waals surface area contributed by atoms with Crippen LogP contribution in [0.3, 0.4) is 0 Å². The number of carbonyl (C=O) groups is 1. The van der Waals surface area contributed by atoms with Gasteiger partial charge in [0.25, 0.3) is 5.91 Å². The van der Waals surface area contributed by atoms with Gasteiger partial charge in [-0.1, -0.05) is 12.0 Å². The van der Waals surface area contributed by atoms with Crippen LogP contribution in [0, 0.1) is 11.8 Å². The van der Waals surface area contributed by atoms with Gasteiger partial charge in [0.05, 0.1) is 42.3 Å². The molecule has 202 valence electrons. The van der Waals surface area contributed by atoms with Crippen LogP contribution in [-0.4, -0.2) is 75.3 Å². The molecule has 1 saturated heterocycles. The van der Waals surface area contributed by atoms with Gasteiger partial charge < -0.3 is 15.5 Å². The summed E-state index contributed by atoms with van der Waals surface area (Å²) in [4.78, 5) is 14.3. The first-order chi connectivity index (χ1) is 18.2. The summed E-state index contributed by atoms with van der Waals surface area (Å²) in [6, 6.07) is 4.65. The molecule has 0 aromatic carbocycles. The van der Waals surface area contributed by atoms with E-state index in [1.54, 1.807) is 23.0 Å². The summed E-state index contributed by atoms with van der Waals surface area (Å²) in [7, 11) is 1.84. The third-order valence-electron chi connectivity index (χ3n) is 7.07. The fourth-order valence-electron chi connectivity index (χ4n) is 4.77. The molecule has 2 N–H and O–H groups in total. The number of piperidine rings is 1. The first-order valence-corrected chi connectivity index (χ1v) is 12.7. The lowest BCUT2D eigenvalue weighted by molar-refractivity contribution is -0.127. The number of halogens is 4. The van der Waals surface area contributed by atoms with E-state index in [0.717, 1.165) is 19.3 Å². The number of hydrogen-bond donors (Lipinski definition) is 2. The molecule has 3 aromatic rings. The smallest absolute Gasteiger partial charge is 0.364 e. The fourth-order valence-corrected chi connectivity index (χ4v) is 4.77. The van der Waals surface area contributed by atoms with E-state index in [-0.39, 0.29) is 35.8 Å².